The van der Waals surface area contributed by atoms with Crippen molar-refractivity contribution in [3.05, 3.63) is 28.7 Å². The summed E-state index contributed by atoms with van der Waals surface area (Å²) in [6.07, 6.45) is 4.25. The van der Waals surface area contributed by atoms with Crippen molar-refractivity contribution >= 4 is 21.9 Å². The van der Waals surface area contributed by atoms with E-state index in [1.54, 1.807) is 0 Å². The molecular formula is C17H24BrN3O2. The van der Waals surface area contributed by atoms with E-state index in [1.165, 1.54) is 6.42 Å². The van der Waals surface area contributed by atoms with Gasteiger partial charge in [-0.2, -0.15) is 0 Å². The molecule has 2 N–H and O–H groups in total. The molecule has 23 heavy (non-hydrogen) atoms. The number of benzene rings is 1. The average Bonchev–Trinajstić information content (AvgIpc) is 3.14. The lowest BCUT2D eigenvalue weighted by Gasteiger charge is -2.22. The highest BCUT2D eigenvalue weighted by Crippen LogP contribution is 2.34. The van der Waals surface area contributed by atoms with E-state index < -0.39 is 0 Å². The molecule has 2 aliphatic heterocycles. The summed E-state index contributed by atoms with van der Waals surface area (Å²) >= 11 is 3.44. The highest BCUT2D eigenvalue weighted by molar-refractivity contribution is 9.10. The fraction of sp³-hybridized carbons (Fsp3) is 0.588. The van der Waals surface area contributed by atoms with Crippen LogP contribution in [0.2, 0.25) is 0 Å². The maximum atomic E-state index is 5.88. The van der Waals surface area contributed by atoms with Gasteiger partial charge in [-0.15, -0.1) is 0 Å². The molecule has 5 nitrogen and oxygen atoms in total. The van der Waals surface area contributed by atoms with Crippen molar-refractivity contribution < 1.29 is 9.47 Å². The van der Waals surface area contributed by atoms with Crippen LogP contribution < -0.4 is 15.4 Å². The number of ether oxygens (including phenoxy) is 2. The van der Waals surface area contributed by atoms with Gasteiger partial charge in [0.05, 0.1) is 24.8 Å². The fourth-order valence-corrected chi connectivity index (χ4v) is 3.54. The van der Waals surface area contributed by atoms with Crippen LogP contribution in [0.15, 0.2) is 33.7 Å². The van der Waals surface area contributed by atoms with Crippen LogP contribution in [-0.4, -0.2) is 43.9 Å². The zero-order valence-electron chi connectivity index (χ0n) is 13.4. The van der Waals surface area contributed by atoms with Crippen LogP contribution in [0.5, 0.6) is 5.75 Å². The van der Waals surface area contributed by atoms with E-state index in [-0.39, 0.29) is 0 Å². The van der Waals surface area contributed by atoms with Gasteiger partial charge < -0.3 is 20.1 Å². The van der Waals surface area contributed by atoms with Crippen molar-refractivity contribution in [3.8, 4) is 5.75 Å². The van der Waals surface area contributed by atoms with Crippen molar-refractivity contribution in [2.24, 2.45) is 4.99 Å². The van der Waals surface area contributed by atoms with Crippen LogP contribution in [0, 0.1) is 0 Å². The Hall–Kier alpha value is -1.27. The minimum absolute atomic E-state index is 0.349. The molecule has 2 aliphatic rings. The van der Waals surface area contributed by atoms with Crippen molar-refractivity contribution in [1.82, 2.24) is 10.6 Å². The molecule has 0 saturated carbocycles. The van der Waals surface area contributed by atoms with E-state index in [0.717, 1.165) is 35.6 Å². The van der Waals surface area contributed by atoms with Gasteiger partial charge in [0.15, 0.2) is 5.96 Å². The molecule has 6 heteroatoms. The molecule has 1 aromatic rings. The molecule has 126 valence electrons. The molecule has 3 atom stereocenters. The Bertz CT molecular complexity index is 552. The Labute approximate surface area is 146 Å². The van der Waals surface area contributed by atoms with Crippen molar-refractivity contribution in [2.45, 2.75) is 44.4 Å². The molecule has 2 fully saturated rings. The zero-order chi connectivity index (χ0) is 16.1. The number of nitrogens with zero attached hydrogens (tertiary/aromatic N) is 1. The smallest absolute Gasteiger partial charge is 0.191 e. The number of hydrogen-bond donors (Lipinski definition) is 2. The van der Waals surface area contributed by atoms with Crippen LogP contribution >= 0.6 is 15.9 Å². The third-order valence-electron chi connectivity index (χ3n) is 4.20. The van der Waals surface area contributed by atoms with Gasteiger partial charge in [0.25, 0.3) is 0 Å². The predicted octanol–water partition coefficient (Wildman–Crippen LogP) is 2.70. The maximum absolute atomic E-state index is 5.88. The van der Waals surface area contributed by atoms with Crippen molar-refractivity contribution in [1.29, 1.82) is 0 Å². The van der Waals surface area contributed by atoms with Gasteiger partial charge in [-0.05, 0) is 44.4 Å². The topological polar surface area (TPSA) is 54.9 Å². The molecule has 1 aromatic carbocycles. The molecule has 0 spiro atoms. The molecule has 0 aliphatic carbocycles. The molecule has 0 radical (unpaired) electrons. The van der Waals surface area contributed by atoms with Crippen LogP contribution in [0.25, 0.3) is 0 Å². The second-order valence-corrected chi connectivity index (χ2v) is 6.84. The summed E-state index contributed by atoms with van der Waals surface area (Å²) in [6.45, 7) is 4.09. The first-order valence-electron chi connectivity index (χ1n) is 8.33. The molecule has 0 amide bonds. The minimum Gasteiger partial charge on any atom is -0.492 e. The summed E-state index contributed by atoms with van der Waals surface area (Å²) in [5, 5.41) is 6.80. The van der Waals surface area contributed by atoms with Crippen molar-refractivity contribution in [3.63, 3.8) is 0 Å². The first-order valence-corrected chi connectivity index (χ1v) is 9.12. The largest absolute Gasteiger partial charge is 0.492 e. The summed E-state index contributed by atoms with van der Waals surface area (Å²) < 4.78 is 12.6. The summed E-state index contributed by atoms with van der Waals surface area (Å²) in [4.78, 5) is 4.60. The highest BCUT2D eigenvalue weighted by atomic mass is 79.9. The monoisotopic (exact) mass is 381 g/mol. The number of hydrogen-bond acceptors (Lipinski definition) is 3. The highest BCUT2D eigenvalue weighted by Gasteiger charge is 2.41. The zero-order valence-corrected chi connectivity index (χ0v) is 15.0. The lowest BCUT2D eigenvalue weighted by Crippen LogP contribution is -2.47. The van der Waals surface area contributed by atoms with E-state index >= 15 is 0 Å². The molecule has 3 rings (SSSR count). The van der Waals surface area contributed by atoms with Gasteiger partial charge in [0.2, 0.25) is 0 Å². The lowest BCUT2D eigenvalue weighted by atomic mass is 9.96. The molecule has 0 aromatic heterocycles. The third kappa shape index (κ3) is 4.61. The summed E-state index contributed by atoms with van der Waals surface area (Å²) in [7, 11) is 0. The average molecular weight is 382 g/mol. The SMILES string of the molecule is CCNC(=NCCOc1cccc(Br)c1)NC1CC2CCC1O2. The van der Waals surface area contributed by atoms with Gasteiger partial charge >= 0.3 is 0 Å². The number of aliphatic imine (C=N–C) groups is 1. The van der Waals surface area contributed by atoms with Crippen molar-refractivity contribution in [2.75, 3.05) is 19.7 Å². The summed E-state index contributed by atoms with van der Waals surface area (Å²) in [5.41, 5.74) is 0. The van der Waals surface area contributed by atoms with Crippen LogP contribution in [0.1, 0.15) is 26.2 Å². The number of nitrogens with one attached hydrogen (secondary N) is 2. The Morgan fingerprint density at radius 1 is 1.43 bits per heavy atom. The second kappa shape index (κ2) is 8.02. The normalized spacial score (nSPS) is 26.3. The van der Waals surface area contributed by atoms with E-state index in [1.807, 2.05) is 24.3 Å². The number of guanidine groups is 1. The van der Waals surface area contributed by atoms with E-state index in [4.69, 9.17) is 9.47 Å². The van der Waals surface area contributed by atoms with Crippen LogP contribution in [0.3, 0.4) is 0 Å². The third-order valence-corrected chi connectivity index (χ3v) is 4.69. The molecule has 2 bridgehead atoms. The molecule has 3 unspecified atom stereocenters. The Morgan fingerprint density at radius 3 is 3.04 bits per heavy atom. The number of halogens is 1. The van der Waals surface area contributed by atoms with Crippen LogP contribution in [-0.2, 0) is 4.74 Å². The van der Waals surface area contributed by atoms with Gasteiger partial charge in [-0.1, -0.05) is 22.0 Å². The first kappa shape index (κ1) is 16.6. The van der Waals surface area contributed by atoms with E-state index in [2.05, 4.69) is 38.5 Å². The Morgan fingerprint density at radius 2 is 2.35 bits per heavy atom. The van der Waals surface area contributed by atoms with Crippen LogP contribution in [0.4, 0.5) is 0 Å². The van der Waals surface area contributed by atoms with Gasteiger partial charge in [0, 0.05) is 11.0 Å². The second-order valence-electron chi connectivity index (χ2n) is 5.93. The lowest BCUT2D eigenvalue weighted by molar-refractivity contribution is 0.0992. The summed E-state index contributed by atoms with van der Waals surface area (Å²) in [6, 6.07) is 8.24. The predicted molar refractivity (Wildman–Crippen MR) is 95.1 cm³/mol. The quantitative estimate of drug-likeness (QED) is 0.451. The number of fused-ring (bicyclic) bond motifs is 2. The molecular weight excluding hydrogens is 358 g/mol. The summed E-state index contributed by atoms with van der Waals surface area (Å²) in [5.74, 6) is 1.71. The maximum Gasteiger partial charge on any atom is 0.191 e. The van der Waals surface area contributed by atoms with Gasteiger partial charge in [0.1, 0.15) is 12.4 Å². The Balaban J connectivity index is 1.46. The minimum atomic E-state index is 0.349. The van der Waals surface area contributed by atoms with E-state index in [9.17, 15) is 0 Å². The first-order chi connectivity index (χ1) is 11.2. The molecule has 2 heterocycles. The van der Waals surface area contributed by atoms with E-state index in [0.29, 0.717) is 31.4 Å². The molecule has 2 saturated heterocycles. The standard InChI is InChI=1S/C17H24BrN3O2/c1-2-19-17(21-15-11-14-6-7-16(15)23-14)20-8-9-22-13-5-3-4-12(18)10-13/h3-5,10,14-16H,2,6-9,11H2,1H3,(H2,19,20,21). The number of rotatable bonds is 6. The van der Waals surface area contributed by atoms with Gasteiger partial charge in [-0.25, -0.2) is 4.99 Å². The van der Waals surface area contributed by atoms with Gasteiger partial charge in [-0.3, -0.25) is 0 Å². The fourth-order valence-electron chi connectivity index (χ4n) is 3.16. The Kier molecular flexibility index (Phi) is 5.78.